The first kappa shape index (κ1) is 18.1. The van der Waals surface area contributed by atoms with Gasteiger partial charge in [-0.15, -0.1) is 0 Å². The van der Waals surface area contributed by atoms with Crippen LogP contribution in [0.3, 0.4) is 0 Å². The summed E-state index contributed by atoms with van der Waals surface area (Å²) in [6.45, 7) is 5.18. The SMILES string of the molecule is CCOC(=O)C1CCCN(C(=O)c2cc3cccnc3n(CC)c2=O)C1. The highest BCUT2D eigenvalue weighted by Crippen LogP contribution is 2.20. The Labute approximate surface area is 151 Å². The number of pyridine rings is 2. The molecule has 1 unspecified atom stereocenters. The summed E-state index contributed by atoms with van der Waals surface area (Å²) < 4.78 is 6.59. The van der Waals surface area contributed by atoms with Crippen LogP contribution in [0.15, 0.2) is 29.2 Å². The molecule has 7 heteroatoms. The van der Waals surface area contributed by atoms with E-state index in [1.165, 1.54) is 4.57 Å². The van der Waals surface area contributed by atoms with E-state index in [0.717, 1.165) is 5.39 Å². The number of fused-ring (bicyclic) bond motifs is 1. The maximum Gasteiger partial charge on any atom is 0.310 e. The Kier molecular flexibility index (Phi) is 5.35. The monoisotopic (exact) mass is 357 g/mol. The van der Waals surface area contributed by atoms with Crippen molar-refractivity contribution in [2.75, 3.05) is 19.7 Å². The number of aryl methyl sites for hydroxylation is 1. The summed E-state index contributed by atoms with van der Waals surface area (Å²) in [6, 6.07) is 5.22. The molecule has 1 aliphatic rings. The van der Waals surface area contributed by atoms with Crippen LogP contribution in [-0.2, 0) is 16.1 Å². The molecule has 0 aliphatic carbocycles. The quantitative estimate of drug-likeness (QED) is 0.780. The van der Waals surface area contributed by atoms with Crippen molar-refractivity contribution in [2.45, 2.75) is 33.2 Å². The van der Waals surface area contributed by atoms with Gasteiger partial charge in [0, 0.05) is 31.2 Å². The van der Waals surface area contributed by atoms with Crippen molar-refractivity contribution in [1.29, 1.82) is 0 Å². The summed E-state index contributed by atoms with van der Waals surface area (Å²) in [5.74, 6) is -0.946. The number of piperidine rings is 1. The summed E-state index contributed by atoms with van der Waals surface area (Å²) in [5, 5.41) is 0.747. The molecule has 0 spiro atoms. The highest BCUT2D eigenvalue weighted by atomic mass is 16.5. The van der Waals surface area contributed by atoms with E-state index >= 15 is 0 Å². The topological polar surface area (TPSA) is 81.5 Å². The van der Waals surface area contributed by atoms with E-state index in [9.17, 15) is 14.4 Å². The highest BCUT2D eigenvalue weighted by Gasteiger charge is 2.31. The number of hydrogen-bond donors (Lipinski definition) is 0. The van der Waals surface area contributed by atoms with Crippen LogP contribution in [0.25, 0.3) is 11.0 Å². The second-order valence-corrected chi connectivity index (χ2v) is 6.37. The second-order valence-electron chi connectivity index (χ2n) is 6.37. The molecule has 2 aromatic rings. The molecule has 138 valence electrons. The van der Waals surface area contributed by atoms with E-state index in [0.29, 0.717) is 38.2 Å². The molecule has 1 aliphatic heterocycles. The van der Waals surface area contributed by atoms with E-state index in [-0.39, 0.29) is 35.5 Å². The smallest absolute Gasteiger partial charge is 0.310 e. The third kappa shape index (κ3) is 3.34. The molecule has 1 amide bonds. The lowest BCUT2D eigenvalue weighted by molar-refractivity contribution is -0.149. The molecule has 0 saturated carbocycles. The van der Waals surface area contributed by atoms with Crippen LogP contribution in [0.2, 0.25) is 0 Å². The standard InChI is InChI=1S/C19H23N3O4/c1-3-22-16-13(7-5-9-20-16)11-15(18(22)24)17(23)21-10-6-8-14(12-21)19(25)26-4-2/h5,7,9,11,14H,3-4,6,8,10,12H2,1-2H3. The van der Waals surface area contributed by atoms with Crippen LogP contribution in [-0.4, -0.2) is 46.0 Å². The molecule has 0 radical (unpaired) electrons. The lowest BCUT2D eigenvalue weighted by Crippen LogP contribution is -2.44. The molecule has 3 heterocycles. The Morgan fingerprint density at radius 1 is 1.35 bits per heavy atom. The van der Waals surface area contributed by atoms with Crippen molar-refractivity contribution in [3.63, 3.8) is 0 Å². The average Bonchev–Trinajstić information content (AvgIpc) is 2.67. The van der Waals surface area contributed by atoms with Crippen molar-refractivity contribution >= 4 is 22.9 Å². The summed E-state index contributed by atoms with van der Waals surface area (Å²) in [4.78, 5) is 43.7. The highest BCUT2D eigenvalue weighted by molar-refractivity contribution is 5.97. The van der Waals surface area contributed by atoms with Gasteiger partial charge in [0.1, 0.15) is 11.2 Å². The van der Waals surface area contributed by atoms with Crippen molar-refractivity contribution in [3.8, 4) is 0 Å². The predicted molar refractivity (Wildman–Crippen MR) is 96.9 cm³/mol. The largest absolute Gasteiger partial charge is 0.466 e. The van der Waals surface area contributed by atoms with E-state index in [1.807, 2.05) is 13.0 Å². The van der Waals surface area contributed by atoms with Crippen molar-refractivity contribution < 1.29 is 14.3 Å². The Hall–Kier alpha value is -2.70. The minimum atomic E-state index is -0.345. The van der Waals surface area contributed by atoms with Crippen LogP contribution in [0.4, 0.5) is 0 Å². The summed E-state index contributed by atoms with van der Waals surface area (Å²) in [6.07, 6.45) is 3.04. The zero-order valence-electron chi connectivity index (χ0n) is 15.1. The predicted octanol–water partition coefficient (Wildman–Crippen LogP) is 1.83. The van der Waals surface area contributed by atoms with Crippen LogP contribution in [0.1, 0.15) is 37.0 Å². The van der Waals surface area contributed by atoms with Gasteiger partial charge < -0.3 is 9.64 Å². The summed E-state index contributed by atoms with van der Waals surface area (Å²) in [7, 11) is 0. The van der Waals surface area contributed by atoms with Gasteiger partial charge in [-0.2, -0.15) is 0 Å². The number of hydrogen-bond acceptors (Lipinski definition) is 5. The van der Waals surface area contributed by atoms with Crippen LogP contribution < -0.4 is 5.56 Å². The van der Waals surface area contributed by atoms with Gasteiger partial charge in [-0.1, -0.05) is 0 Å². The number of nitrogens with zero attached hydrogens (tertiary/aromatic N) is 3. The molecular weight excluding hydrogens is 334 g/mol. The molecular formula is C19H23N3O4. The Bertz CT molecular complexity index is 890. The third-order valence-corrected chi connectivity index (χ3v) is 4.72. The zero-order chi connectivity index (χ0) is 18.7. The van der Waals surface area contributed by atoms with Gasteiger partial charge >= 0.3 is 5.97 Å². The minimum absolute atomic E-state index is 0.122. The number of aromatic nitrogens is 2. The number of esters is 1. The number of rotatable bonds is 4. The maximum atomic E-state index is 13.0. The third-order valence-electron chi connectivity index (χ3n) is 4.72. The van der Waals surface area contributed by atoms with E-state index in [1.54, 1.807) is 30.2 Å². The fourth-order valence-electron chi connectivity index (χ4n) is 3.44. The van der Waals surface area contributed by atoms with E-state index in [2.05, 4.69) is 4.98 Å². The molecule has 1 saturated heterocycles. The Morgan fingerprint density at radius 3 is 2.88 bits per heavy atom. The molecule has 0 aromatic carbocycles. The van der Waals surface area contributed by atoms with Gasteiger partial charge in [-0.05, 0) is 44.9 Å². The molecule has 7 nitrogen and oxygen atoms in total. The van der Waals surface area contributed by atoms with Crippen LogP contribution in [0.5, 0.6) is 0 Å². The molecule has 3 rings (SSSR count). The van der Waals surface area contributed by atoms with Crippen molar-refractivity contribution in [1.82, 2.24) is 14.5 Å². The average molecular weight is 357 g/mol. The molecule has 26 heavy (non-hydrogen) atoms. The van der Waals surface area contributed by atoms with Gasteiger partial charge in [0.2, 0.25) is 0 Å². The molecule has 2 aromatic heterocycles. The van der Waals surface area contributed by atoms with Gasteiger partial charge in [-0.25, -0.2) is 4.98 Å². The number of carbonyl (C=O) groups excluding carboxylic acids is 2. The fourth-order valence-corrected chi connectivity index (χ4v) is 3.44. The fraction of sp³-hybridized carbons (Fsp3) is 0.474. The molecule has 1 fully saturated rings. The second kappa shape index (κ2) is 7.68. The Morgan fingerprint density at radius 2 is 2.15 bits per heavy atom. The summed E-state index contributed by atoms with van der Waals surface area (Å²) >= 11 is 0. The minimum Gasteiger partial charge on any atom is -0.466 e. The van der Waals surface area contributed by atoms with Gasteiger partial charge in [0.15, 0.2) is 0 Å². The zero-order valence-corrected chi connectivity index (χ0v) is 15.1. The number of likely N-dealkylation sites (tertiary alicyclic amines) is 1. The number of ether oxygens (including phenoxy) is 1. The number of amides is 1. The van der Waals surface area contributed by atoms with Gasteiger partial charge in [0.25, 0.3) is 11.5 Å². The lowest BCUT2D eigenvalue weighted by Gasteiger charge is -2.31. The molecule has 0 bridgehead atoms. The normalized spacial score (nSPS) is 17.3. The summed E-state index contributed by atoms with van der Waals surface area (Å²) in [5.41, 5.74) is 0.346. The first-order chi connectivity index (χ1) is 12.6. The maximum absolute atomic E-state index is 13.0. The van der Waals surface area contributed by atoms with Gasteiger partial charge in [-0.3, -0.25) is 19.0 Å². The number of carbonyl (C=O) groups is 2. The van der Waals surface area contributed by atoms with Crippen molar-refractivity contribution in [2.24, 2.45) is 5.92 Å². The molecule has 0 N–H and O–H groups in total. The van der Waals surface area contributed by atoms with E-state index < -0.39 is 0 Å². The molecule has 1 atom stereocenters. The van der Waals surface area contributed by atoms with Crippen LogP contribution in [0, 0.1) is 5.92 Å². The Balaban J connectivity index is 1.93. The van der Waals surface area contributed by atoms with E-state index in [4.69, 9.17) is 4.74 Å². The first-order valence-electron chi connectivity index (χ1n) is 9.01. The lowest BCUT2D eigenvalue weighted by atomic mass is 9.97. The van der Waals surface area contributed by atoms with Gasteiger partial charge in [0.05, 0.1) is 12.5 Å². The van der Waals surface area contributed by atoms with Crippen LogP contribution >= 0.6 is 0 Å². The first-order valence-corrected chi connectivity index (χ1v) is 9.01. The van der Waals surface area contributed by atoms with Crippen molar-refractivity contribution in [3.05, 3.63) is 40.3 Å².